The fourth-order valence-electron chi connectivity index (χ4n) is 3.10. The summed E-state index contributed by atoms with van der Waals surface area (Å²) in [6, 6.07) is 6.05. The number of likely N-dealkylation sites (N-methyl/N-ethyl adjacent to an activating group) is 1. The van der Waals surface area contributed by atoms with Crippen LogP contribution in [0.25, 0.3) is 22.2 Å². The van der Waals surface area contributed by atoms with Gasteiger partial charge in [0.05, 0.1) is 17.8 Å². The zero-order valence-electron chi connectivity index (χ0n) is 17.7. The molecule has 2 heterocycles. The number of rotatable bonds is 7. The number of hydrogen-bond donors (Lipinski definition) is 2. The monoisotopic (exact) mass is 392 g/mol. The lowest BCUT2D eigenvalue weighted by atomic mass is 10.0. The summed E-state index contributed by atoms with van der Waals surface area (Å²) >= 11 is 0. The molecule has 152 valence electrons. The zero-order chi connectivity index (χ0) is 21.0. The summed E-state index contributed by atoms with van der Waals surface area (Å²) in [6.07, 6.45) is 4.59. The van der Waals surface area contributed by atoms with Gasteiger partial charge in [-0.05, 0) is 63.7 Å². The summed E-state index contributed by atoms with van der Waals surface area (Å²) in [4.78, 5) is 27.6. The second kappa shape index (κ2) is 8.96. The molecule has 0 aliphatic carbocycles. The quantitative estimate of drug-likeness (QED) is 0.639. The Bertz CT molecular complexity index is 1010. The molecule has 1 aromatic carbocycles. The molecule has 0 aliphatic heterocycles. The lowest BCUT2D eigenvalue weighted by Crippen LogP contribution is -2.27. The van der Waals surface area contributed by atoms with E-state index in [-0.39, 0.29) is 5.91 Å². The predicted molar refractivity (Wildman–Crippen MR) is 118 cm³/mol. The van der Waals surface area contributed by atoms with E-state index in [4.69, 9.17) is 4.98 Å². The Morgan fingerprint density at radius 3 is 2.45 bits per heavy atom. The molecule has 7 heteroatoms. The van der Waals surface area contributed by atoms with Gasteiger partial charge in [-0.25, -0.2) is 15.0 Å². The maximum atomic E-state index is 12.2. The SMILES string of the molecule is CCCNc1ncc(-c2cc(C)c3cc(C)c(NC(=O)CN(C)C)cc3n2)cn1. The van der Waals surface area contributed by atoms with Crippen molar-refractivity contribution in [2.75, 3.05) is 37.8 Å². The molecule has 29 heavy (non-hydrogen) atoms. The number of hydrogen-bond acceptors (Lipinski definition) is 6. The Balaban J connectivity index is 1.94. The molecular formula is C22H28N6O. The van der Waals surface area contributed by atoms with Crippen LogP contribution < -0.4 is 10.6 Å². The topological polar surface area (TPSA) is 83.0 Å². The molecule has 0 radical (unpaired) electrons. The first-order chi connectivity index (χ1) is 13.9. The second-order valence-electron chi connectivity index (χ2n) is 7.52. The van der Waals surface area contributed by atoms with Crippen LogP contribution in [0.1, 0.15) is 24.5 Å². The fourth-order valence-corrected chi connectivity index (χ4v) is 3.10. The van der Waals surface area contributed by atoms with Gasteiger partial charge in [0.2, 0.25) is 11.9 Å². The largest absolute Gasteiger partial charge is 0.354 e. The average molecular weight is 393 g/mol. The molecule has 0 spiro atoms. The lowest BCUT2D eigenvalue weighted by molar-refractivity contribution is -0.116. The highest BCUT2D eigenvalue weighted by Gasteiger charge is 2.11. The van der Waals surface area contributed by atoms with Crippen LogP contribution in [0.2, 0.25) is 0 Å². The molecule has 7 nitrogen and oxygen atoms in total. The van der Waals surface area contributed by atoms with E-state index in [0.29, 0.717) is 12.5 Å². The predicted octanol–water partition coefficient (Wildman–Crippen LogP) is 3.63. The minimum absolute atomic E-state index is 0.0473. The lowest BCUT2D eigenvalue weighted by Gasteiger charge is -2.14. The van der Waals surface area contributed by atoms with Crippen molar-refractivity contribution < 1.29 is 4.79 Å². The smallest absolute Gasteiger partial charge is 0.238 e. The van der Waals surface area contributed by atoms with Crippen molar-refractivity contribution in [3.8, 4) is 11.3 Å². The highest BCUT2D eigenvalue weighted by atomic mass is 16.2. The number of nitrogens with zero attached hydrogens (tertiary/aromatic N) is 4. The van der Waals surface area contributed by atoms with Crippen LogP contribution in [0.5, 0.6) is 0 Å². The minimum atomic E-state index is -0.0473. The molecule has 0 unspecified atom stereocenters. The van der Waals surface area contributed by atoms with Crippen LogP contribution in [0.4, 0.5) is 11.6 Å². The summed E-state index contributed by atoms with van der Waals surface area (Å²) in [5, 5.41) is 7.23. The van der Waals surface area contributed by atoms with Gasteiger partial charge < -0.3 is 15.5 Å². The first-order valence-electron chi connectivity index (χ1n) is 9.80. The van der Waals surface area contributed by atoms with Gasteiger partial charge in [0, 0.05) is 35.6 Å². The van der Waals surface area contributed by atoms with Crippen molar-refractivity contribution in [1.29, 1.82) is 0 Å². The third-order valence-electron chi connectivity index (χ3n) is 4.58. The summed E-state index contributed by atoms with van der Waals surface area (Å²) in [5.74, 6) is 0.573. The maximum absolute atomic E-state index is 12.2. The second-order valence-corrected chi connectivity index (χ2v) is 7.52. The van der Waals surface area contributed by atoms with Gasteiger partial charge in [-0.1, -0.05) is 6.92 Å². The van der Waals surface area contributed by atoms with E-state index in [9.17, 15) is 4.79 Å². The van der Waals surface area contributed by atoms with E-state index in [1.54, 1.807) is 12.4 Å². The van der Waals surface area contributed by atoms with E-state index in [1.807, 2.05) is 38.1 Å². The Morgan fingerprint density at radius 1 is 1.07 bits per heavy atom. The van der Waals surface area contributed by atoms with Gasteiger partial charge >= 0.3 is 0 Å². The molecule has 0 bridgehead atoms. The van der Waals surface area contributed by atoms with E-state index >= 15 is 0 Å². The van der Waals surface area contributed by atoms with Gasteiger partial charge in [0.15, 0.2) is 0 Å². The number of anilines is 2. The first-order valence-corrected chi connectivity index (χ1v) is 9.80. The number of nitrogens with one attached hydrogen (secondary N) is 2. The van der Waals surface area contributed by atoms with Crippen molar-refractivity contribution in [3.05, 3.63) is 41.7 Å². The number of carbonyl (C=O) groups excluding carboxylic acids is 1. The van der Waals surface area contributed by atoms with Crippen molar-refractivity contribution in [2.45, 2.75) is 27.2 Å². The molecule has 0 saturated carbocycles. The molecule has 2 aromatic heterocycles. The van der Waals surface area contributed by atoms with Crippen molar-refractivity contribution in [2.24, 2.45) is 0 Å². The number of aryl methyl sites for hydroxylation is 2. The molecule has 3 aromatic rings. The summed E-state index contributed by atoms with van der Waals surface area (Å²) in [7, 11) is 3.74. The zero-order valence-corrected chi connectivity index (χ0v) is 17.7. The number of aromatic nitrogens is 3. The number of fused-ring (bicyclic) bond motifs is 1. The Morgan fingerprint density at radius 2 is 1.79 bits per heavy atom. The molecular weight excluding hydrogens is 364 g/mol. The molecule has 3 rings (SSSR count). The number of amides is 1. The molecule has 0 aliphatic rings. The minimum Gasteiger partial charge on any atom is -0.354 e. The number of carbonyl (C=O) groups is 1. The van der Waals surface area contributed by atoms with Gasteiger partial charge in [-0.3, -0.25) is 4.79 Å². The maximum Gasteiger partial charge on any atom is 0.238 e. The van der Waals surface area contributed by atoms with Crippen LogP contribution >= 0.6 is 0 Å². The van der Waals surface area contributed by atoms with Crippen LogP contribution in [0, 0.1) is 13.8 Å². The molecule has 0 fully saturated rings. The molecule has 2 N–H and O–H groups in total. The average Bonchev–Trinajstić information content (AvgIpc) is 2.67. The number of benzene rings is 1. The summed E-state index contributed by atoms with van der Waals surface area (Å²) in [6.45, 7) is 7.33. The fraction of sp³-hybridized carbons (Fsp3) is 0.364. The highest BCUT2D eigenvalue weighted by molar-refractivity contribution is 5.96. The third kappa shape index (κ3) is 5.06. The Kier molecular flexibility index (Phi) is 6.39. The molecule has 0 saturated heterocycles. The summed E-state index contributed by atoms with van der Waals surface area (Å²) < 4.78 is 0. The van der Waals surface area contributed by atoms with E-state index in [0.717, 1.165) is 51.9 Å². The van der Waals surface area contributed by atoms with Crippen LogP contribution in [0.3, 0.4) is 0 Å². The van der Waals surface area contributed by atoms with E-state index < -0.39 is 0 Å². The van der Waals surface area contributed by atoms with Crippen molar-refractivity contribution >= 4 is 28.4 Å². The van der Waals surface area contributed by atoms with Crippen LogP contribution in [-0.2, 0) is 4.79 Å². The van der Waals surface area contributed by atoms with Gasteiger partial charge in [0.25, 0.3) is 0 Å². The van der Waals surface area contributed by atoms with Crippen LogP contribution in [0.15, 0.2) is 30.6 Å². The standard InChI is InChI=1S/C22H28N6O/c1-6-7-23-22-24-11-16(12-25-22)19-9-14(2)17-8-15(3)18(10-20(17)26-19)27-21(29)13-28(4)5/h8-12H,6-7,13H2,1-5H3,(H,27,29)(H,23,24,25). The third-order valence-corrected chi connectivity index (χ3v) is 4.58. The molecule has 1 amide bonds. The van der Waals surface area contributed by atoms with E-state index in [1.165, 1.54) is 0 Å². The van der Waals surface area contributed by atoms with Gasteiger partial charge in [0.1, 0.15) is 0 Å². The number of pyridine rings is 1. The summed E-state index contributed by atoms with van der Waals surface area (Å²) in [5.41, 5.74) is 5.41. The van der Waals surface area contributed by atoms with Crippen LogP contribution in [-0.4, -0.2) is 52.9 Å². The van der Waals surface area contributed by atoms with Gasteiger partial charge in [-0.15, -0.1) is 0 Å². The van der Waals surface area contributed by atoms with E-state index in [2.05, 4.69) is 40.5 Å². The van der Waals surface area contributed by atoms with Gasteiger partial charge in [-0.2, -0.15) is 0 Å². The first kappa shape index (κ1) is 20.7. The normalized spacial score (nSPS) is 11.1. The Hall–Kier alpha value is -3.06. The molecule has 0 atom stereocenters. The van der Waals surface area contributed by atoms with Crippen molar-refractivity contribution in [3.63, 3.8) is 0 Å². The highest BCUT2D eigenvalue weighted by Crippen LogP contribution is 2.28. The van der Waals surface area contributed by atoms with Crippen molar-refractivity contribution in [1.82, 2.24) is 19.9 Å². The Labute approximate surface area is 171 Å².